The molecule has 1 heterocycles. The minimum absolute atomic E-state index is 0.102. The zero-order valence-electron chi connectivity index (χ0n) is 14.4. The van der Waals surface area contributed by atoms with E-state index >= 15 is 0 Å². The molecular formula is C20H19N3O3. The molecule has 0 bridgehead atoms. The molecule has 26 heavy (non-hydrogen) atoms. The molecule has 3 rings (SSSR count). The Bertz CT molecular complexity index is 873. The number of carbonyl (C=O) groups is 2. The Hall–Kier alpha value is -3.33. The number of hydrogen-bond acceptors (Lipinski definition) is 4. The summed E-state index contributed by atoms with van der Waals surface area (Å²) in [6.45, 7) is 2.35. The molecule has 0 radical (unpaired) electrons. The van der Waals surface area contributed by atoms with Crippen molar-refractivity contribution in [3.05, 3.63) is 54.1 Å². The van der Waals surface area contributed by atoms with Gasteiger partial charge in [0, 0.05) is 30.4 Å². The van der Waals surface area contributed by atoms with Gasteiger partial charge in [0.2, 0.25) is 5.91 Å². The lowest BCUT2D eigenvalue weighted by Crippen LogP contribution is -2.30. The van der Waals surface area contributed by atoms with E-state index in [1.165, 1.54) is 0 Å². The van der Waals surface area contributed by atoms with E-state index < -0.39 is 6.10 Å². The van der Waals surface area contributed by atoms with Crippen LogP contribution in [0.1, 0.15) is 25.3 Å². The van der Waals surface area contributed by atoms with Crippen molar-refractivity contribution in [3.8, 4) is 11.8 Å². The number of ether oxygens (including phenoxy) is 1. The van der Waals surface area contributed by atoms with Crippen molar-refractivity contribution in [1.82, 2.24) is 0 Å². The van der Waals surface area contributed by atoms with Gasteiger partial charge in [-0.1, -0.05) is 12.1 Å². The number of nitrogens with one attached hydrogen (secondary N) is 1. The van der Waals surface area contributed by atoms with Crippen molar-refractivity contribution < 1.29 is 14.3 Å². The molecule has 0 aliphatic carbocycles. The summed E-state index contributed by atoms with van der Waals surface area (Å²) in [6.07, 6.45) is 0.682. The van der Waals surface area contributed by atoms with E-state index in [1.807, 2.05) is 12.1 Å². The molecule has 2 aromatic carbocycles. The zero-order valence-corrected chi connectivity index (χ0v) is 14.4. The van der Waals surface area contributed by atoms with Gasteiger partial charge in [0.15, 0.2) is 6.10 Å². The molecule has 0 spiro atoms. The van der Waals surface area contributed by atoms with Gasteiger partial charge in [0.25, 0.3) is 5.91 Å². The number of carbonyl (C=O) groups excluding carboxylic acids is 2. The third kappa shape index (κ3) is 4.01. The van der Waals surface area contributed by atoms with E-state index in [9.17, 15) is 9.59 Å². The average molecular weight is 349 g/mol. The summed E-state index contributed by atoms with van der Waals surface area (Å²) < 4.78 is 5.73. The normalized spacial score (nSPS) is 14.6. The van der Waals surface area contributed by atoms with E-state index in [1.54, 1.807) is 54.3 Å². The second-order valence-electron chi connectivity index (χ2n) is 6.09. The van der Waals surface area contributed by atoms with Crippen LogP contribution in [0, 0.1) is 11.3 Å². The summed E-state index contributed by atoms with van der Waals surface area (Å²) in [5.74, 6) is 0.309. The van der Waals surface area contributed by atoms with E-state index in [0.717, 1.165) is 12.1 Å². The van der Waals surface area contributed by atoms with Gasteiger partial charge in [-0.15, -0.1) is 0 Å². The first kappa shape index (κ1) is 17.5. The number of rotatable bonds is 5. The van der Waals surface area contributed by atoms with Crippen LogP contribution in [0.2, 0.25) is 0 Å². The molecular weight excluding hydrogens is 330 g/mol. The van der Waals surface area contributed by atoms with E-state index in [2.05, 4.69) is 5.32 Å². The molecule has 132 valence electrons. The lowest BCUT2D eigenvalue weighted by molar-refractivity contribution is -0.122. The lowest BCUT2D eigenvalue weighted by Gasteiger charge is -2.19. The van der Waals surface area contributed by atoms with Crippen LogP contribution in [0.4, 0.5) is 11.4 Å². The van der Waals surface area contributed by atoms with Gasteiger partial charge < -0.3 is 15.0 Å². The van der Waals surface area contributed by atoms with Crippen LogP contribution >= 0.6 is 0 Å². The molecule has 1 aliphatic heterocycles. The first-order valence-corrected chi connectivity index (χ1v) is 8.45. The maximum absolute atomic E-state index is 12.3. The van der Waals surface area contributed by atoms with Gasteiger partial charge in [-0.25, -0.2) is 0 Å². The van der Waals surface area contributed by atoms with Gasteiger partial charge in [-0.05, 0) is 43.7 Å². The van der Waals surface area contributed by atoms with Crippen molar-refractivity contribution in [1.29, 1.82) is 5.26 Å². The Morgan fingerprint density at radius 1 is 1.27 bits per heavy atom. The molecule has 1 N–H and O–H groups in total. The molecule has 6 nitrogen and oxygen atoms in total. The molecule has 0 aromatic heterocycles. The maximum atomic E-state index is 12.3. The number of amides is 2. The monoisotopic (exact) mass is 349 g/mol. The molecule has 0 saturated carbocycles. The highest BCUT2D eigenvalue weighted by molar-refractivity contribution is 5.96. The molecule has 6 heteroatoms. The van der Waals surface area contributed by atoms with Gasteiger partial charge in [-0.2, -0.15) is 5.26 Å². The average Bonchev–Trinajstić information content (AvgIpc) is 3.08. The van der Waals surface area contributed by atoms with Crippen molar-refractivity contribution in [2.75, 3.05) is 16.8 Å². The Labute approximate surface area is 152 Å². The van der Waals surface area contributed by atoms with Crippen molar-refractivity contribution >= 4 is 23.2 Å². The molecule has 1 atom stereocenters. The first-order chi connectivity index (χ1) is 12.6. The summed E-state index contributed by atoms with van der Waals surface area (Å²) in [5, 5.41) is 11.7. The van der Waals surface area contributed by atoms with Gasteiger partial charge >= 0.3 is 0 Å². The third-order valence-electron chi connectivity index (χ3n) is 4.14. The topological polar surface area (TPSA) is 82.4 Å². The van der Waals surface area contributed by atoms with Crippen LogP contribution in [0.3, 0.4) is 0 Å². The zero-order chi connectivity index (χ0) is 18.5. The summed E-state index contributed by atoms with van der Waals surface area (Å²) in [4.78, 5) is 25.9. The smallest absolute Gasteiger partial charge is 0.265 e. The minimum atomic E-state index is -0.731. The fourth-order valence-electron chi connectivity index (χ4n) is 2.81. The molecule has 1 aliphatic rings. The Balaban J connectivity index is 1.65. The fraction of sp³-hybridized carbons (Fsp3) is 0.250. The highest BCUT2D eigenvalue weighted by atomic mass is 16.5. The summed E-state index contributed by atoms with van der Waals surface area (Å²) >= 11 is 0. The molecule has 2 aromatic rings. The SMILES string of the molecule is C[C@@H](Oc1cccc(N2CCCC2=O)c1)C(=O)Nc1cccc(C#N)c1. The van der Waals surface area contributed by atoms with Gasteiger partial charge in [0.05, 0.1) is 11.6 Å². The quantitative estimate of drug-likeness (QED) is 0.899. The van der Waals surface area contributed by atoms with Gasteiger partial charge in [0.1, 0.15) is 5.75 Å². The number of hydrogen-bond donors (Lipinski definition) is 1. The fourth-order valence-corrected chi connectivity index (χ4v) is 2.81. The standard InChI is InChI=1S/C20H19N3O3/c1-14(20(25)22-16-6-2-5-15(11-16)13-21)26-18-8-3-7-17(12-18)23-10-4-9-19(23)24/h2-3,5-8,11-12,14H,4,9-10H2,1H3,(H,22,25)/t14-/m1/s1. The number of benzene rings is 2. The molecule has 1 saturated heterocycles. The summed E-state index contributed by atoms with van der Waals surface area (Å²) in [5.41, 5.74) is 1.79. The minimum Gasteiger partial charge on any atom is -0.481 e. The van der Waals surface area contributed by atoms with Crippen molar-refractivity contribution in [2.24, 2.45) is 0 Å². The van der Waals surface area contributed by atoms with Crippen LogP contribution in [-0.4, -0.2) is 24.5 Å². The van der Waals surface area contributed by atoms with Gasteiger partial charge in [-0.3, -0.25) is 9.59 Å². The molecule has 0 unspecified atom stereocenters. The van der Waals surface area contributed by atoms with Crippen LogP contribution in [0.15, 0.2) is 48.5 Å². The molecule has 1 fully saturated rings. The highest BCUT2D eigenvalue weighted by Gasteiger charge is 2.22. The third-order valence-corrected chi connectivity index (χ3v) is 4.14. The second kappa shape index (κ2) is 7.70. The van der Waals surface area contributed by atoms with Crippen LogP contribution in [-0.2, 0) is 9.59 Å². The van der Waals surface area contributed by atoms with Crippen molar-refractivity contribution in [3.63, 3.8) is 0 Å². The van der Waals surface area contributed by atoms with Crippen LogP contribution in [0.25, 0.3) is 0 Å². The Kier molecular flexibility index (Phi) is 5.18. The lowest BCUT2D eigenvalue weighted by atomic mass is 10.2. The largest absolute Gasteiger partial charge is 0.481 e. The number of nitrogens with zero attached hydrogens (tertiary/aromatic N) is 2. The maximum Gasteiger partial charge on any atom is 0.265 e. The van der Waals surface area contributed by atoms with E-state index in [-0.39, 0.29) is 11.8 Å². The Morgan fingerprint density at radius 3 is 2.81 bits per heavy atom. The second-order valence-corrected chi connectivity index (χ2v) is 6.09. The predicted octanol–water partition coefficient (Wildman–Crippen LogP) is 3.09. The number of nitriles is 1. The highest BCUT2D eigenvalue weighted by Crippen LogP contribution is 2.26. The number of anilines is 2. The summed E-state index contributed by atoms with van der Waals surface area (Å²) in [7, 11) is 0. The van der Waals surface area contributed by atoms with E-state index in [0.29, 0.717) is 30.0 Å². The van der Waals surface area contributed by atoms with Crippen LogP contribution < -0.4 is 15.0 Å². The Morgan fingerprint density at radius 2 is 2.08 bits per heavy atom. The molecule has 2 amide bonds. The van der Waals surface area contributed by atoms with Crippen LogP contribution in [0.5, 0.6) is 5.75 Å². The summed E-state index contributed by atoms with van der Waals surface area (Å²) in [6, 6.07) is 15.9. The van der Waals surface area contributed by atoms with E-state index in [4.69, 9.17) is 10.00 Å². The van der Waals surface area contributed by atoms with Crippen molar-refractivity contribution in [2.45, 2.75) is 25.9 Å². The first-order valence-electron chi connectivity index (χ1n) is 8.45. The predicted molar refractivity (Wildman–Crippen MR) is 97.9 cm³/mol.